The zero-order chi connectivity index (χ0) is 14.9. The van der Waals surface area contributed by atoms with Crippen LogP contribution in [-0.4, -0.2) is 9.85 Å². The molecule has 0 atom stereocenters. The van der Waals surface area contributed by atoms with Gasteiger partial charge in [-0.2, -0.15) is 0 Å². The van der Waals surface area contributed by atoms with Crippen LogP contribution < -0.4 is 0 Å². The van der Waals surface area contributed by atoms with Gasteiger partial charge in [0, 0.05) is 12.1 Å². The van der Waals surface area contributed by atoms with E-state index in [2.05, 4.69) is 0 Å². The van der Waals surface area contributed by atoms with E-state index in [0.717, 1.165) is 11.1 Å². The van der Waals surface area contributed by atoms with Crippen LogP contribution in [0, 0.1) is 34.1 Å². The Kier molecular flexibility index (Phi) is 3.47. The van der Waals surface area contributed by atoms with Crippen molar-refractivity contribution in [2.45, 2.75) is 13.8 Å². The van der Waals surface area contributed by atoms with Crippen LogP contribution in [0.1, 0.15) is 11.1 Å². The fourth-order valence-electron chi connectivity index (χ4n) is 2.05. The molecule has 0 bridgehead atoms. The van der Waals surface area contributed by atoms with Crippen molar-refractivity contribution >= 4 is 11.4 Å². The van der Waals surface area contributed by atoms with Crippen LogP contribution in [0.5, 0.6) is 0 Å². The predicted molar refractivity (Wildman–Crippen MR) is 74.7 cm³/mol. The van der Waals surface area contributed by atoms with E-state index in [9.17, 15) is 20.2 Å². The number of nitro groups is 2. The molecule has 2 aromatic carbocycles. The number of rotatable bonds is 3. The highest BCUT2D eigenvalue weighted by molar-refractivity contribution is 5.81. The second-order valence-corrected chi connectivity index (χ2v) is 4.56. The highest BCUT2D eigenvalue weighted by atomic mass is 16.6. The summed E-state index contributed by atoms with van der Waals surface area (Å²) in [7, 11) is 0. The fourth-order valence-corrected chi connectivity index (χ4v) is 2.05. The van der Waals surface area contributed by atoms with Gasteiger partial charge in [0.15, 0.2) is 0 Å². The Balaban J connectivity index is 2.79. The van der Waals surface area contributed by atoms with Crippen molar-refractivity contribution in [1.29, 1.82) is 0 Å². The van der Waals surface area contributed by atoms with Crippen LogP contribution in [0.4, 0.5) is 11.4 Å². The summed E-state index contributed by atoms with van der Waals surface area (Å²) in [5, 5.41) is 22.2. The quantitative estimate of drug-likeness (QED) is 0.628. The van der Waals surface area contributed by atoms with E-state index < -0.39 is 9.85 Å². The third-order valence-corrected chi connectivity index (χ3v) is 2.99. The van der Waals surface area contributed by atoms with E-state index in [4.69, 9.17) is 0 Å². The van der Waals surface area contributed by atoms with Crippen LogP contribution in [0.15, 0.2) is 36.4 Å². The fraction of sp³-hybridized carbons (Fsp3) is 0.143. The lowest BCUT2D eigenvalue weighted by molar-refractivity contribution is -0.386. The minimum Gasteiger partial charge on any atom is -0.258 e. The van der Waals surface area contributed by atoms with E-state index in [1.54, 1.807) is 38.1 Å². The molecule has 0 amide bonds. The molecule has 102 valence electrons. The topological polar surface area (TPSA) is 86.3 Å². The molecule has 0 radical (unpaired) electrons. The summed E-state index contributed by atoms with van der Waals surface area (Å²) in [5.74, 6) is 0. The van der Waals surface area contributed by atoms with E-state index >= 15 is 0 Å². The average molecular weight is 272 g/mol. The van der Waals surface area contributed by atoms with Crippen molar-refractivity contribution in [1.82, 2.24) is 0 Å². The second-order valence-electron chi connectivity index (χ2n) is 4.56. The summed E-state index contributed by atoms with van der Waals surface area (Å²) < 4.78 is 0. The van der Waals surface area contributed by atoms with E-state index in [1.165, 1.54) is 12.1 Å². The number of aryl methyl sites for hydroxylation is 2. The van der Waals surface area contributed by atoms with Gasteiger partial charge in [0.25, 0.3) is 11.4 Å². The van der Waals surface area contributed by atoms with Gasteiger partial charge in [-0.1, -0.05) is 23.3 Å². The largest absolute Gasteiger partial charge is 0.277 e. The van der Waals surface area contributed by atoms with Crippen molar-refractivity contribution < 1.29 is 9.85 Å². The maximum atomic E-state index is 11.1. The molecular formula is C14H12N2O4. The first-order valence-corrected chi connectivity index (χ1v) is 5.90. The van der Waals surface area contributed by atoms with Gasteiger partial charge < -0.3 is 0 Å². The molecule has 0 spiro atoms. The van der Waals surface area contributed by atoms with Crippen molar-refractivity contribution in [2.75, 3.05) is 0 Å². The molecule has 6 heteroatoms. The first-order chi connectivity index (χ1) is 9.40. The van der Waals surface area contributed by atoms with Crippen molar-refractivity contribution in [3.8, 4) is 11.1 Å². The Morgan fingerprint density at radius 1 is 0.750 bits per heavy atom. The number of hydrogen-bond acceptors (Lipinski definition) is 4. The third-order valence-electron chi connectivity index (χ3n) is 2.99. The molecule has 0 aromatic heterocycles. The van der Waals surface area contributed by atoms with Crippen molar-refractivity contribution in [2.24, 2.45) is 0 Å². The van der Waals surface area contributed by atoms with Gasteiger partial charge in [-0.3, -0.25) is 20.2 Å². The molecule has 0 unspecified atom stereocenters. The molecule has 0 aliphatic carbocycles. The minimum absolute atomic E-state index is 0.135. The zero-order valence-corrected chi connectivity index (χ0v) is 11.0. The Labute approximate surface area is 115 Å². The molecule has 20 heavy (non-hydrogen) atoms. The summed E-state index contributed by atoms with van der Waals surface area (Å²) in [4.78, 5) is 21.2. The van der Waals surface area contributed by atoms with Crippen LogP contribution >= 0.6 is 0 Å². The lowest BCUT2D eigenvalue weighted by atomic mass is 9.98. The molecule has 6 nitrogen and oxygen atoms in total. The highest BCUT2D eigenvalue weighted by Crippen LogP contribution is 2.37. The first kappa shape index (κ1) is 13.7. The molecule has 2 aromatic rings. The zero-order valence-electron chi connectivity index (χ0n) is 11.0. The lowest BCUT2D eigenvalue weighted by Crippen LogP contribution is -1.97. The van der Waals surface area contributed by atoms with Crippen molar-refractivity contribution in [3.05, 3.63) is 67.8 Å². The molecule has 0 saturated carbocycles. The predicted octanol–water partition coefficient (Wildman–Crippen LogP) is 3.79. The van der Waals surface area contributed by atoms with E-state index in [0.29, 0.717) is 0 Å². The lowest BCUT2D eigenvalue weighted by Gasteiger charge is -2.06. The highest BCUT2D eigenvalue weighted by Gasteiger charge is 2.22. The van der Waals surface area contributed by atoms with Gasteiger partial charge in [-0.05, 0) is 26.0 Å². The van der Waals surface area contributed by atoms with Gasteiger partial charge >= 0.3 is 0 Å². The van der Waals surface area contributed by atoms with Gasteiger partial charge in [0.2, 0.25) is 0 Å². The van der Waals surface area contributed by atoms with Crippen molar-refractivity contribution in [3.63, 3.8) is 0 Å². The monoisotopic (exact) mass is 272 g/mol. The normalized spacial score (nSPS) is 10.3. The van der Waals surface area contributed by atoms with Crippen LogP contribution in [0.25, 0.3) is 11.1 Å². The molecule has 0 aliphatic heterocycles. The number of nitro benzene ring substituents is 2. The molecule has 0 heterocycles. The summed E-state index contributed by atoms with van der Waals surface area (Å²) in [5.41, 5.74) is 1.88. The van der Waals surface area contributed by atoms with Gasteiger partial charge in [-0.25, -0.2) is 0 Å². The smallest absolute Gasteiger partial charge is 0.258 e. The summed E-state index contributed by atoms with van der Waals surface area (Å²) in [6.07, 6.45) is 0. The standard InChI is InChI=1S/C14H12N2O4/c1-9-3-5-13(15(17)18)11(7-9)12-8-10(2)4-6-14(12)16(19)20/h3-8H,1-2H3. The van der Waals surface area contributed by atoms with Gasteiger partial charge in [0.1, 0.15) is 0 Å². The Morgan fingerprint density at radius 2 is 1.10 bits per heavy atom. The molecule has 0 fully saturated rings. The summed E-state index contributed by atoms with van der Waals surface area (Å²) in [6.45, 7) is 3.57. The third kappa shape index (κ3) is 2.49. The Bertz CT molecular complexity index is 649. The van der Waals surface area contributed by atoms with E-state index in [-0.39, 0.29) is 22.5 Å². The molecule has 2 rings (SSSR count). The molecular weight excluding hydrogens is 260 g/mol. The van der Waals surface area contributed by atoms with Gasteiger partial charge in [0.05, 0.1) is 21.0 Å². The molecule has 0 N–H and O–H groups in total. The number of hydrogen-bond donors (Lipinski definition) is 0. The minimum atomic E-state index is -0.527. The second kappa shape index (κ2) is 5.08. The molecule has 0 aliphatic rings. The average Bonchev–Trinajstić information content (AvgIpc) is 2.37. The molecule has 0 saturated heterocycles. The Hall–Kier alpha value is -2.76. The van der Waals surface area contributed by atoms with E-state index in [1.807, 2.05) is 0 Å². The van der Waals surface area contributed by atoms with Crippen LogP contribution in [0.3, 0.4) is 0 Å². The van der Waals surface area contributed by atoms with Crippen LogP contribution in [-0.2, 0) is 0 Å². The number of benzene rings is 2. The van der Waals surface area contributed by atoms with Crippen LogP contribution in [0.2, 0.25) is 0 Å². The maximum Gasteiger partial charge on any atom is 0.277 e. The Morgan fingerprint density at radius 3 is 1.40 bits per heavy atom. The SMILES string of the molecule is Cc1ccc([N+](=O)[O-])c(-c2cc(C)ccc2[N+](=O)[O-])c1. The maximum absolute atomic E-state index is 11.1. The summed E-state index contributed by atoms with van der Waals surface area (Å²) >= 11 is 0. The summed E-state index contributed by atoms with van der Waals surface area (Å²) in [6, 6.07) is 9.17. The van der Waals surface area contributed by atoms with Gasteiger partial charge in [-0.15, -0.1) is 0 Å². The number of nitrogens with zero attached hydrogens (tertiary/aromatic N) is 2. The first-order valence-electron chi connectivity index (χ1n) is 5.90.